The molecule has 0 bridgehead atoms. The maximum Gasteiger partial charge on any atom is 0.170 e. The van der Waals surface area contributed by atoms with Crippen molar-refractivity contribution in [3.63, 3.8) is 0 Å². The third kappa shape index (κ3) is 1.37. The van der Waals surface area contributed by atoms with Crippen LogP contribution in [-0.4, -0.2) is 12.4 Å². The second-order valence-corrected chi connectivity index (χ2v) is 4.01. The number of carbonyl (C=O) groups is 1. The van der Waals surface area contributed by atoms with Gasteiger partial charge >= 0.3 is 0 Å². The maximum atomic E-state index is 11.7. The number of Topliss-reactive ketones (excluding diaryl/α,β-unsaturated/α-hetero) is 1. The molecule has 15 heavy (non-hydrogen) atoms. The van der Waals surface area contributed by atoms with Gasteiger partial charge in [-0.3, -0.25) is 4.79 Å². The molecular weight excluding hydrogens is 188 g/mol. The minimum Gasteiger partial charge on any atom is -0.492 e. The molecule has 0 radical (unpaired) electrons. The van der Waals surface area contributed by atoms with Crippen molar-refractivity contribution in [2.24, 2.45) is 0 Å². The molecule has 1 heterocycles. The van der Waals surface area contributed by atoms with Gasteiger partial charge in [-0.05, 0) is 36.1 Å². The van der Waals surface area contributed by atoms with Crippen LogP contribution in [0.2, 0.25) is 0 Å². The van der Waals surface area contributed by atoms with E-state index in [-0.39, 0.29) is 5.78 Å². The molecule has 3 rings (SSSR count). The van der Waals surface area contributed by atoms with Gasteiger partial charge in [0.1, 0.15) is 5.75 Å². The number of hydrogen-bond donors (Lipinski definition) is 0. The van der Waals surface area contributed by atoms with Gasteiger partial charge in [-0.1, -0.05) is 12.2 Å². The Kier molecular flexibility index (Phi) is 1.88. The van der Waals surface area contributed by atoms with E-state index in [4.69, 9.17) is 4.74 Å². The highest BCUT2D eigenvalue weighted by molar-refractivity contribution is 6.00. The zero-order valence-corrected chi connectivity index (χ0v) is 8.45. The van der Waals surface area contributed by atoms with Gasteiger partial charge in [0.05, 0.1) is 12.2 Å². The van der Waals surface area contributed by atoms with Crippen LogP contribution in [0.25, 0.3) is 6.08 Å². The summed E-state index contributed by atoms with van der Waals surface area (Å²) in [5.74, 6) is 0.985. The van der Waals surface area contributed by atoms with E-state index in [0.29, 0.717) is 13.0 Å². The van der Waals surface area contributed by atoms with Gasteiger partial charge in [0.2, 0.25) is 0 Å². The molecule has 2 nitrogen and oxygen atoms in total. The third-order valence-electron chi connectivity index (χ3n) is 3.01. The average Bonchev–Trinajstić information content (AvgIpc) is 2.27. The number of carbonyl (C=O) groups excluding carboxylic acids is 1. The first-order valence-corrected chi connectivity index (χ1v) is 5.34. The molecule has 0 saturated carbocycles. The quantitative estimate of drug-likeness (QED) is 0.643. The summed E-state index contributed by atoms with van der Waals surface area (Å²) in [6, 6.07) is 4.01. The first-order chi connectivity index (χ1) is 7.34. The van der Waals surface area contributed by atoms with E-state index in [1.807, 2.05) is 12.1 Å². The van der Waals surface area contributed by atoms with Crippen LogP contribution in [0.1, 0.15) is 34.3 Å². The molecule has 2 aliphatic rings. The number of fused-ring (bicyclic) bond motifs is 2. The zero-order valence-electron chi connectivity index (χ0n) is 8.45. The Morgan fingerprint density at radius 3 is 3.07 bits per heavy atom. The number of benzene rings is 1. The summed E-state index contributed by atoms with van der Waals surface area (Å²) in [5.41, 5.74) is 3.23. The van der Waals surface area contributed by atoms with Crippen molar-refractivity contribution < 1.29 is 9.53 Å². The summed E-state index contributed by atoms with van der Waals surface area (Å²) in [7, 11) is 0. The fourth-order valence-electron chi connectivity index (χ4n) is 2.19. The molecule has 2 heteroatoms. The number of ether oxygens (including phenoxy) is 1. The fraction of sp³-hybridized carbons (Fsp3) is 0.308. The van der Waals surface area contributed by atoms with E-state index in [0.717, 1.165) is 24.2 Å². The molecule has 0 fully saturated rings. The summed E-state index contributed by atoms with van der Waals surface area (Å²) in [6.07, 6.45) is 6.90. The van der Waals surface area contributed by atoms with E-state index >= 15 is 0 Å². The Hall–Kier alpha value is -1.57. The lowest BCUT2D eigenvalue weighted by molar-refractivity contribution is 0.0933. The van der Waals surface area contributed by atoms with Gasteiger partial charge in [0.25, 0.3) is 0 Å². The van der Waals surface area contributed by atoms with Crippen molar-refractivity contribution in [1.29, 1.82) is 0 Å². The molecule has 1 aliphatic carbocycles. The number of rotatable bonds is 0. The molecule has 0 atom stereocenters. The van der Waals surface area contributed by atoms with Crippen LogP contribution in [0.5, 0.6) is 5.75 Å². The smallest absolute Gasteiger partial charge is 0.170 e. The summed E-state index contributed by atoms with van der Waals surface area (Å²) in [5, 5.41) is 0. The van der Waals surface area contributed by atoms with Crippen molar-refractivity contribution in [2.45, 2.75) is 19.3 Å². The number of aryl methyl sites for hydroxylation is 1. The largest absolute Gasteiger partial charge is 0.492 e. The molecule has 0 unspecified atom stereocenters. The first-order valence-electron chi connectivity index (χ1n) is 5.34. The molecule has 0 saturated heterocycles. The fourth-order valence-corrected chi connectivity index (χ4v) is 2.19. The lowest BCUT2D eigenvalue weighted by Gasteiger charge is -2.20. The van der Waals surface area contributed by atoms with Crippen LogP contribution in [0.3, 0.4) is 0 Å². The standard InChI is InChI=1S/C13H12O2/c14-12-5-6-15-13-8-10-4-2-1-3-9(10)7-11(12)13/h1,3,7-8H,2,4-6H2. The Morgan fingerprint density at radius 2 is 2.13 bits per heavy atom. The van der Waals surface area contributed by atoms with E-state index < -0.39 is 0 Å². The minimum absolute atomic E-state index is 0.207. The van der Waals surface area contributed by atoms with Crippen LogP contribution in [-0.2, 0) is 6.42 Å². The summed E-state index contributed by atoms with van der Waals surface area (Å²) >= 11 is 0. The Morgan fingerprint density at radius 1 is 1.20 bits per heavy atom. The van der Waals surface area contributed by atoms with Crippen molar-refractivity contribution in [2.75, 3.05) is 6.61 Å². The predicted molar refractivity (Wildman–Crippen MR) is 58.2 cm³/mol. The highest BCUT2D eigenvalue weighted by Gasteiger charge is 2.20. The molecule has 0 amide bonds. The lowest BCUT2D eigenvalue weighted by Crippen LogP contribution is -2.16. The van der Waals surface area contributed by atoms with Gasteiger partial charge in [-0.2, -0.15) is 0 Å². The highest BCUT2D eigenvalue weighted by atomic mass is 16.5. The highest BCUT2D eigenvalue weighted by Crippen LogP contribution is 2.31. The molecule has 1 aromatic carbocycles. The monoisotopic (exact) mass is 200 g/mol. The Labute approximate surface area is 88.6 Å². The second kappa shape index (κ2) is 3.23. The van der Waals surface area contributed by atoms with Crippen LogP contribution >= 0.6 is 0 Å². The van der Waals surface area contributed by atoms with E-state index in [2.05, 4.69) is 12.2 Å². The number of allylic oxidation sites excluding steroid dienone is 1. The molecular formula is C13H12O2. The Balaban J connectivity index is 2.18. The Bertz CT molecular complexity index is 458. The van der Waals surface area contributed by atoms with Crippen molar-refractivity contribution in [1.82, 2.24) is 0 Å². The summed E-state index contributed by atoms with van der Waals surface area (Å²) in [4.78, 5) is 11.7. The average molecular weight is 200 g/mol. The van der Waals surface area contributed by atoms with E-state index in [9.17, 15) is 4.79 Å². The van der Waals surface area contributed by atoms with Gasteiger partial charge < -0.3 is 4.74 Å². The van der Waals surface area contributed by atoms with Gasteiger partial charge in [-0.15, -0.1) is 0 Å². The molecule has 0 N–H and O–H groups in total. The van der Waals surface area contributed by atoms with Crippen LogP contribution in [0, 0.1) is 0 Å². The van der Waals surface area contributed by atoms with Crippen molar-refractivity contribution in [3.8, 4) is 5.75 Å². The van der Waals surface area contributed by atoms with Gasteiger partial charge in [-0.25, -0.2) is 0 Å². The molecule has 0 spiro atoms. The molecule has 1 aromatic rings. The maximum absolute atomic E-state index is 11.7. The lowest BCUT2D eigenvalue weighted by atomic mass is 9.92. The normalized spacial score (nSPS) is 18.0. The van der Waals surface area contributed by atoms with Gasteiger partial charge in [0, 0.05) is 6.42 Å². The summed E-state index contributed by atoms with van der Waals surface area (Å²) in [6.45, 7) is 0.528. The zero-order chi connectivity index (χ0) is 10.3. The van der Waals surface area contributed by atoms with Crippen LogP contribution < -0.4 is 4.74 Å². The third-order valence-corrected chi connectivity index (χ3v) is 3.01. The molecule has 0 aromatic heterocycles. The van der Waals surface area contributed by atoms with Gasteiger partial charge in [0.15, 0.2) is 5.78 Å². The second-order valence-electron chi connectivity index (χ2n) is 4.01. The molecule has 1 aliphatic heterocycles. The number of hydrogen-bond acceptors (Lipinski definition) is 2. The minimum atomic E-state index is 0.207. The van der Waals surface area contributed by atoms with E-state index in [1.54, 1.807) is 0 Å². The first kappa shape index (κ1) is 8.72. The van der Waals surface area contributed by atoms with Crippen molar-refractivity contribution in [3.05, 3.63) is 34.9 Å². The van der Waals surface area contributed by atoms with Crippen LogP contribution in [0.15, 0.2) is 18.2 Å². The molecule has 76 valence electrons. The van der Waals surface area contributed by atoms with Crippen molar-refractivity contribution >= 4 is 11.9 Å². The number of ketones is 1. The predicted octanol–water partition coefficient (Wildman–Crippen LogP) is 2.61. The van der Waals surface area contributed by atoms with Crippen LogP contribution in [0.4, 0.5) is 0 Å². The van der Waals surface area contributed by atoms with E-state index in [1.165, 1.54) is 11.1 Å². The SMILES string of the molecule is O=C1CCOc2cc3c(cc21)C=CCC3. The summed E-state index contributed by atoms with van der Waals surface area (Å²) < 4.78 is 5.52. The topological polar surface area (TPSA) is 26.3 Å².